The molecule has 0 saturated carbocycles. The Bertz CT molecular complexity index is 529. The summed E-state index contributed by atoms with van der Waals surface area (Å²) in [5.74, 6) is -0.854. The molecule has 0 unspecified atom stereocenters. The van der Waals surface area contributed by atoms with Gasteiger partial charge in [-0.3, -0.25) is 0 Å². The van der Waals surface area contributed by atoms with Crippen molar-refractivity contribution < 1.29 is 23.0 Å². The standard InChI is InChI=1S/C10H15FN2O4S/c1-10(5-14,6-15)13-18(16,17)8-4-2-3-7(11)9(8)12/h2-4,13-15H,5-6,12H2,1H3. The predicted molar refractivity (Wildman–Crippen MR) is 63.7 cm³/mol. The maximum atomic E-state index is 13.2. The lowest BCUT2D eigenvalue weighted by atomic mass is 10.1. The highest BCUT2D eigenvalue weighted by Crippen LogP contribution is 2.22. The van der Waals surface area contributed by atoms with Crippen LogP contribution >= 0.6 is 0 Å². The summed E-state index contributed by atoms with van der Waals surface area (Å²) in [4.78, 5) is -0.435. The first kappa shape index (κ1) is 14.8. The van der Waals surface area contributed by atoms with Crippen LogP contribution in [-0.2, 0) is 10.0 Å². The van der Waals surface area contributed by atoms with Gasteiger partial charge in [0.2, 0.25) is 10.0 Å². The number of benzene rings is 1. The number of aliphatic hydroxyl groups excluding tert-OH is 2. The van der Waals surface area contributed by atoms with E-state index in [4.69, 9.17) is 15.9 Å². The summed E-state index contributed by atoms with van der Waals surface area (Å²) in [6.07, 6.45) is 0. The van der Waals surface area contributed by atoms with Crippen LogP contribution in [0.4, 0.5) is 10.1 Å². The van der Waals surface area contributed by atoms with Gasteiger partial charge in [0.1, 0.15) is 10.7 Å². The molecule has 0 atom stereocenters. The molecule has 0 bridgehead atoms. The van der Waals surface area contributed by atoms with Crippen molar-refractivity contribution in [3.8, 4) is 0 Å². The second-order valence-electron chi connectivity index (χ2n) is 4.13. The second-order valence-corrected chi connectivity index (χ2v) is 5.78. The summed E-state index contributed by atoms with van der Waals surface area (Å²) in [5.41, 5.74) is 3.39. The Morgan fingerprint density at radius 3 is 2.44 bits per heavy atom. The van der Waals surface area contributed by atoms with E-state index in [-0.39, 0.29) is 0 Å². The summed E-state index contributed by atoms with van der Waals surface area (Å²) < 4.78 is 39.2. The molecule has 0 spiro atoms. The maximum absolute atomic E-state index is 13.2. The lowest BCUT2D eigenvalue weighted by molar-refractivity contribution is 0.122. The molecule has 0 aliphatic heterocycles. The molecule has 1 rings (SSSR count). The quantitative estimate of drug-likeness (QED) is 0.539. The highest BCUT2D eigenvalue weighted by molar-refractivity contribution is 7.89. The average Bonchev–Trinajstić information content (AvgIpc) is 2.31. The number of rotatable bonds is 5. The number of halogens is 1. The first-order valence-electron chi connectivity index (χ1n) is 5.05. The third kappa shape index (κ3) is 2.96. The van der Waals surface area contributed by atoms with Gasteiger partial charge in [0.15, 0.2) is 0 Å². The molecule has 5 N–H and O–H groups in total. The van der Waals surface area contributed by atoms with E-state index in [0.29, 0.717) is 0 Å². The number of hydrogen-bond donors (Lipinski definition) is 4. The number of nitrogens with one attached hydrogen (secondary N) is 1. The molecular weight excluding hydrogens is 263 g/mol. The monoisotopic (exact) mass is 278 g/mol. The molecule has 0 radical (unpaired) electrons. The molecule has 0 fully saturated rings. The highest BCUT2D eigenvalue weighted by atomic mass is 32.2. The van der Waals surface area contributed by atoms with Gasteiger partial charge >= 0.3 is 0 Å². The van der Waals surface area contributed by atoms with E-state index in [2.05, 4.69) is 4.72 Å². The van der Waals surface area contributed by atoms with Crippen LogP contribution in [0.3, 0.4) is 0 Å². The number of hydrogen-bond acceptors (Lipinski definition) is 5. The van der Waals surface area contributed by atoms with Gasteiger partial charge < -0.3 is 15.9 Å². The Balaban J connectivity index is 3.19. The first-order chi connectivity index (χ1) is 8.25. The molecule has 8 heteroatoms. The van der Waals surface area contributed by atoms with E-state index in [9.17, 15) is 12.8 Å². The van der Waals surface area contributed by atoms with E-state index in [1.807, 2.05) is 0 Å². The van der Waals surface area contributed by atoms with Gasteiger partial charge in [-0.25, -0.2) is 17.5 Å². The molecule has 0 aliphatic carbocycles. The summed E-state index contributed by atoms with van der Waals surface area (Å²) >= 11 is 0. The fourth-order valence-corrected chi connectivity index (χ4v) is 2.78. The van der Waals surface area contributed by atoms with Crippen LogP contribution in [0.5, 0.6) is 0 Å². The minimum atomic E-state index is -4.13. The van der Waals surface area contributed by atoms with Crippen LogP contribution in [0.2, 0.25) is 0 Å². The number of nitrogens with two attached hydrogens (primary N) is 1. The molecule has 0 heterocycles. The maximum Gasteiger partial charge on any atom is 0.243 e. The number of nitrogen functional groups attached to an aromatic ring is 1. The van der Waals surface area contributed by atoms with E-state index >= 15 is 0 Å². The fraction of sp³-hybridized carbons (Fsp3) is 0.400. The third-order valence-corrected chi connectivity index (χ3v) is 4.08. The third-order valence-electron chi connectivity index (χ3n) is 2.38. The molecule has 6 nitrogen and oxygen atoms in total. The lowest BCUT2D eigenvalue weighted by Crippen LogP contribution is -2.51. The fourth-order valence-electron chi connectivity index (χ4n) is 1.25. The molecule has 102 valence electrons. The van der Waals surface area contributed by atoms with E-state index in [0.717, 1.165) is 12.1 Å². The van der Waals surface area contributed by atoms with E-state index in [1.54, 1.807) is 0 Å². The van der Waals surface area contributed by atoms with Crippen molar-refractivity contribution in [2.45, 2.75) is 17.4 Å². The Labute approximate surface area is 104 Å². The lowest BCUT2D eigenvalue weighted by Gasteiger charge is -2.26. The van der Waals surface area contributed by atoms with Crippen molar-refractivity contribution in [3.63, 3.8) is 0 Å². The van der Waals surface area contributed by atoms with Crippen LogP contribution in [0.1, 0.15) is 6.92 Å². The molecule has 0 saturated heterocycles. The molecule has 18 heavy (non-hydrogen) atoms. The molecule has 0 aromatic heterocycles. The smallest absolute Gasteiger partial charge is 0.243 e. The minimum absolute atomic E-state index is 0.435. The highest BCUT2D eigenvalue weighted by Gasteiger charge is 2.31. The van der Waals surface area contributed by atoms with Crippen LogP contribution < -0.4 is 10.5 Å². The largest absolute Gasteiger partial charge is 0.395 e. The minimum Gasteiger partial charge on any atom is -0.395 e. The average molecular weight is 278 g/mol. The Morgan fingerprint density at radius 2 is 1.94 bits per heavy atom. The number of anilines is 1. The predicted octanol–water partition coefficient (Wildman–Crippen LogP) is -0.571. The molecule has 0 aliphatic rings. The molecule has 0 amide bonds. The Morgan fingerprint density at radius 1 is 1.39 bits per heavy atom. The topological polar surface area (TPSA) is 113 Å². The molecule has 1 aromatic carbocycles. The van der Waals surface area contributed by atoms with Crippen molar-refractivity contribution >= 4 is 15.7 Å². The second kappa shape index (κ2) is 5.19. The summed E-state index contributed by atoms with van der Waals surface area (Å²) in [6.45, 7) is 0.0793. The van der Waals surface area contributed by atoms with Gasteiger partial charge in [0.05, 0.1) is 24.4 Å². The molecule has 1 aromatic rings. The van der Waals surface area contributed by atoms with Crippen LogP contribution in [0.25, 0.3) is 0 Å². The van der Waals surface area contributed by atoms with Gasteiger partial charge in [0, 0.05) is 0 Å². The van der Waals surface area contributed by atoms with Crippen molar-refractivity contribution in [2.24, 2.45) is 0 Å². The van der Waals surface area contributed by atoms with Gasteiger partial charge in [-0.15, -0.1) is 0 Å². The van der Waals surface area contributed by atoms with Gasteiger partial charge in [0.25, 0.3) is 0 Å². The number of sulfonamides is 1. The van der Waals surface area contributed by atoms with Crippen molar-refractivity contribution in [3.05, 3.63) is 24.0 Å². The van der Waals surface area contributed by atoms with E-state index in [1.165, 1.54) is 13.0 Å². The SMILES string of the molecule is CC(CO)(CO)NS(=O)(=O)c1cccc(F)c1N. The van der Waals surface area contributed by atoms with E-state index < -0.39 is 45.2 Å². The van der Waals surface area contributed by atoms with Gasteiger partial charge in [-0.2, -0.15) is 0 Å². The zero-order chi connectivity index (χ0) is 14.0. The van der Waals surface area contributed by atoms with Crippen LogP contribution in [-0.4, -0.2) is 37.4 Å². The Hall–Kier alpha value is -1.22. The molecular formula is C10H15FN2O4S. The zero-order valence-corrected chi connectivity index (χ0v) is 10.5. The number of aliphatic hydroxyl groups is 2. The van der Waals surface area contributed by atoms with Crippen molar-refractivity contribution in [2.75, 3.05) is 18.9 Å². The summed E-state index contributed by atoms with van der Waals surface area (Å²) in [5, 5.41) is 18.1. The van der Waals surface area contributed by atoms with Gasteiger partial charge in [-0.05, 0) is 19.1 Å². The van der Waals surface area contributed by atoms with Crippen LogP contribution in [0.15, 0.2) is 23.1 Å². The van der Waals surface area contributed by atoms with Crippen LogP contribution in [0, 0.1) is 5.82 Å². The first-order valence-corrected chi connectivity index (χ1v) is 6.54. The van der Waals surface area contributed by atoms with Crippen molar-refractivity contribution in [1.82, 2.24) is 4.72 Å². The number of para-hydroxylation sites is 1. The zero-order valence-electron chi connectivity index (χ0n) is 9.72. The Kier molecular flexibility index (Phi) is 4.28. The summed E-state index contributed by atoms with van der Waals surface area (Å²) in [7, 11) is -4.13. The van der Waals surface area contributed by atoms with Gasteiger partial charge in [-0.1, -0.05) is 6.07 Å². The normalized spacial score (nSPS) is 12.7. The summed E-state index contributed by atoms with van der Waals surface area (Å²) in [6, 6.07) is 3.37. The van der Waals surface area contributed by atoms with Crippen molar-refractivity contribution in [1.29, 1.82) is 0 Å².